The van der Waals surface area contributed by atoms with Crippen LogP contribution in [0.2, 0.25) is 0 Å². The fraction of sp³-hybridized carbons (Fsp3) is 0.652. The fourth-order valence-electron chi connectivity index (χ4n) is 4.87. The molecule has 10 heteroatoms. The van der Waals surface area contributed by atoms with Crippen molar-refractivity contribution in [3.63, 3.8) is 0 Å². The average Bonchev–Trinajstić information content (AvgIpc) is 3.35. The number of benzene rings is 1. The Bertz CT molecular complexity index is 1160. The van der Waals surface area contributed by atoms with E-state index in [1.54, 1.807) is 12.1 Å². The number of carboxylic acid groups (broad SMARTS) is 1. The van der Waals surface area contributed by atoms with Crippen LogP contribution in [0.1, 0.15) is 58.7 Å². The summed E-state index contributed by atoms with van der Waals surface area (Å²) in [5.74, 6) is -3.37. The molecule has 0 radical (unpaired) electrons. The highest BCUT2D eigenvalue weighted by molar-refractivity contribution is 7.89. The number of alkyl halides is 2. The van der Waals surface area contributed by atoms with E-state index in [1.165, 1.54) is 10.4 Å². The number of carbonyl (C=O) groups is 1. The van der Waals surface area contributed by atoms with Gasteiger partial charge in [-0.15, -0.1) is 0 Å². The molecule has 1 saturated heterocycles. The number of sulfonamides is 1. The van der Waals surface area contributed by atoms with E-state index in [0.29, 0.717) is 31.3 Å². The Hall–Kier alpha value is -2.07. The third kappa shape index (κ3) is 4.77. The van der Waals surface area contributed by atoms with Gasteiger partial charge in [0.1, 0.15) is 5.82 Å². The van der Waals surface area contributed by atoms with E-state index in [-0.39, 0.29) is 42.2 Å². The minimum absolute atomic E-state index is 0.0380. The van der Waals surface area contributed by atoms with Gasteiger partial charge in [-0.1, -0.05) is 20.8 Å². The number of halogens is 2. The topological polar surface area (TPSA) is 92.5 Å². The first kappa shape index (κ1) is 24.1. The van der Waals surface area contributed by atoms with Crippen molar-refractivity contribution < 1.29 is 27.1 Å². The quantitative estimate of drug-likeness (QED) is 0.686. The molecule has 0 bridgehead atoms. The molecule has 1 aromatic heterocycles. The first-order chi connectivity index (χ1) is 15.3. The van der Waals surface area contributed by atoms with Gasteiger partial charge in [0.2, 0.25) is 15.9 Å². The van der Waals surface area contributed by atoms with E-state index >= 15 is 0 Å². The molecule has 0 spiro atoms. The molecule has 4 rings (SSSR count). The molecule has 2 fully saturated rings. The monoisotopic (exact) mass is 483 g/mol. The first-order valence-corrected chi connectivity index (χ1v) is 12.8. The van der Waals surface area contributed by atoms with E-state index in [1.807, 2.05) is 20.8 Å². The van der Waals surface area contributed by atoms with Crippen molar-refractivity contribution in [1.29, 1.82) is 0 Å². The van der Waals surface area contributed by atoms with Gasteiger partial charge in [0.15, 0.2) is 0 Å². The molecule has 0 unspecified atom stereocenters. The molecule has 2 aliphatic rings. The zero-order valence-corrected chi connectivity index (χ0v) is 20.0. The predicted octanol–water partition coefficient (Wildman–Crippen LogP) is 4.25. The van der Waals surface area contributed by atoms with Crippen molar-refractivity contribution in [2.24, 2.45) is 11.8 Å². The molecule has 1 saturated carbocycles. The number of nitrogens with zero attached hydrogens (tertiary/aromatic N) is 3. The van der Waals surface area contributed by atoms with Crippen LogP contribution in [0.5, 0.6) is 0 Å². The van der Waals surface area contributed by atoms with E-state index in [4.69, 9.17) is 4.98 Å². The fourth-order valence-corrected chi connectivity index (χ4v) is 6.39. The van der Waals surface area contributed by atoms with Crippen molar-refractivity contribution in [2.45, 2.75) is 75.7 Å². The van der Waals surface area contributed by atoms with Gasteiger partial charge < -0.3 is 9.67 Å². The van der Waals surface area contributed by atoms with Gasteiger partial charge in [0.05, 0.1) is 21.8 Å². The summed E-state index contributed by atoms with van der Waals surface area (Å²) in [7, 11) is -3.84. The lowest BCUT2D eigenvalue weighted by Crippen LogP contribution is -2.30. The highest BCUT2D eigenvalue weighted by Crippen LogP contribution is 2.38. The molecule has 2 heterocycles. The zero-order valence-electron chi connectivity index (χ0n) is 19.2. The minimum Gasteiger partial charge on any atom is -0.481 e. The van der Waals surface area contributed by atoms with Crippen molar-refractivity contribution in [2.75, 3.05) is 13.1 Å². The van der Waals surface area contributed by atoms with Gasteiger partial charge in [-0.3, -0.25) is 4.79 Å². The summed E-state index contributed by atoms with van der Waals surface area (Å²) in [6.07, 6.45) is 0.973. The maximum Gasteiger partial charge on any atom is 0.307 e. The van der Waals surface area contributed by atoms with Crippen molar-refractivity contribution in [3.05, 3.63) is 24.0 Å². The number of carboxylic acids is 1. The lowest BCUT2D eigenvalue weighted by atomic mass is 9.86. The Morgan fingerprint density at radius 2 is 1.88 bits per heavy atom. The number of imidazole rings is 1. The molecular weight excluding hydrogens is 452 g/mol. The number of aromatic nitrogens is 2. The van der Waals surface area contributed by atoms with Crippen LogP contribution >= 0.6 is 0 Å². The highest BCUT2D eigenvalue weighted by Gasteiger charge is 2.37. The lowest BCUT2D eigenvalue weighted by Gasteiger charge is -2.30. The largest absolute Gasteiger partial charge is 0.481 e. The molecule has 1 aliphatic heterocycles. The molecule has 1 N–H and O–H groups in total. The second kappa shape index (κ2) is 8.30. The van der Waals surface area contributed by atoms with Gasteiger partial charge in [-0.05, 0) is 43.4 Å². The SMILES string of the molecule is CC(C)(C)c1nc2cc(S(=O)(=O)N3CC[C@H](C(=O)O)C3)ccc2n1CC1CCC(F)(F)CC1. The molecule has 1 aromatic carbocycles. The molecular formula is C23H31F2N3O4S. The van der Waals surface area contributed by atoms with Crippen LogP contribution in [-0.4, -0.2) is 52.4 Å². The van der Waals surface area contributed by atoms with Crippen LogP contribution < -0.4 is 0 Å². The second-order valence-corrected chi connectivity index (χ2v) is 12.4. The molecule has 33 heavy (non-hydrogen) atoms. The summed E-state index contributed by atoms with van der Waals surface area (Å²) >= 11 is 0. The molecule has 0 amide bonds. The number of hydrogen-bond acceptors (Lipinski definition) is 4. The Morgan fingerprint density at radius 3 is 2.45 bits per heavy atom. The summed E-state index contributed by atoms with van der Waals surface area (Å²) in [4.78, 5) is 16.1. The molecule has 182 valence electrons. The van der Waals surface area contributed by atoms with Crippen molar-refractivity contribution >= 4 is 27.0 Å². The van der Waals surface area contributed by atoms with E-state index in [0.717, 1.165) is 11.3 Å². The summed E-state index contributed by atoms with van der Waals surface area (Å²) < 4.78 is 56.8. The number of hydrogen-bond donors (Lipinski definition) is 1. The third-order valence-corrected chi connectivity index (χ3v) is 8.67. The summed E-state index contributed by atoms with van der Waals surface area (Å²) in [6.45, 7) is 6.77. The Kier molecular flexibility index (Phi) is 6.05. The molecule has 1 atom stereocenters. The lowest BCUT2D eigenvalue weighted by molar-refractivity contribution is -0.141. The van der Waals surface area contributed by atoms with Gasteiger partial charge in [-0.25, -0.2) is 22.2 Å². The summed E-state index contributed by atoms with van der Waals surface area (Å²) in [6, 6.07) is 4.80. The maximum absolute atomic E-state index is 13.6. The molecule has 7 nitrogen and oxygen atoms in total. The Balaban J connectivity index is 1.67. The highest BCUT2D eigenvalue weighted by atomic mass is 32.2. The predicted molar refractivity (Wildman–Crippen MR) is 120 cm³/mol. The summed E-state index contributed by atoms with van der Waals surface area (Å²) in [5.41, 5.74) is 0.998. The van der Waals surface area contributed by atoms with Crippen LogP contribution in [0.15, 0.2) is 23.1 Å². The number of fused-ring (bicyclic) bond motifs is 1. The van der Waals surface area contributed by atoms with Gasteiger partial charge >= 0.3 is 5.97 Å². The zero-order chi connectivity index (χ0) is 24.2. The normalized spacial score (nSPS) is 22.8. The molecule has 1 aliphatic carbocycles. The van der Waals surface area contributed by atoms with Crippen LogP contribution in [-0.2, 0) is 26.8 Å². The molecule has 2 aromatic rings. The smallest absolute Gasteiger partial charge is 0.307 e. The van der Waals surface area contributed by atoms with E-state index in [2.05, 4.69) is 4.57 Å². The van der Waals surface area contributed by atoms with Gasteiger partial charge in [-0.2, -0.15) is 4.31 Å². The number of rotatable bonds is 5. The van der Waals surface area contributed by atoms with Crippen LogP contribution in [0.3, 0.4) is 0 Å². The van der Waals surface area contributed by atoms with Crippen LogP contribution in [0, 0.1) is 11.8 Å². The maximum atomic E-state index is 13.6. The van der Waals surface area contributed by atoms with Crippen LogP contribution in [0.4, 0.5) is 8.78 Å². The second-order valence-electron chi connectivity index (χ2n) is 10.4. The average molecular weight is 484 g/mol. The third-order valence-electron chi connectivity index (χ3n) is 6.81. The summed E-state index contributed by atoms with van der Waals surface area (Å²) in [5, 5.41) is 9.21. The standard InChI is InChI=1S/C23H31F2N3O4S/c1-22(2,3)21-26-18-12-17(33(31,32)27-11-8-16(14-27)20(29)30)4-5-19(18)28(21)13-15-6-9-23(24,25)10-7-15/h4-5,12,15-16H,6-11,13-14H2,1-3H3,(H,29,30)/t16-/m0/s1. The Labute approximate surface area is 192 Å². The Morgan fingerprint density at radius 1 is 1.21 bits per heavy atom. The number of aliphatic carboxylic acids is 1. The van der Waals surface area contributed by atoms with Crippen LogP contribution in [0.25, 0.3) is 11.0 Å². The minimum atomic E-state index is -3.84. The van der Waals surface area contributed by atoms with Crippen molar-refractivity contribution in [3.8, 4) is 0 Å². The van der Waals surface area contributed by atoms with Gasteiger partial charge in [0, 0.05) is 37.9 Å². The van der Waals surface area contributed by atoms with Crippen molar-refractivity contribution in [1.82, 2.24) is 13.9 Å². The van der Waals surface area contributed by atoms with E-state index < -0.39 is 27.8 Å². The van der Waals surface area contributed by atoms with E-state index in [9.17, 15) is 27.1 Å². The van der Waals surface area contributed by atoms with Gasteiger partial charge in [0.25, 0.3) is 0 Å². The first-order valence-electron chi connectivity index (χ1n) is 11.4.